The number of fused-ring (bicyclic) bond motifs is 1. The fourth-order valence-corrected chi connectivity index (χ4v) is 3.03. The first-order valence-electron chi connectivity index (χ1n) is 7.00. The minimum absolute atomic E-state index is 0.150. The third-order valence-electron chi connectivity index (χ3n) is 4.21. The maximum atomic E-state index is 12.6. The first-order chi connectivity index (χ1) is 9.84. The Kier molecular flexibility index (Phi) is 2.49. The van der Waals surface area contributed by atoms with E-state index in [0.717, 1.165) is 22.9 Å². The number of Topliss-reactive ketones (excluding diaryl/α,β-unsaturated/α-hetero) is 1. The molecule has 2 atom stereocenters. The summed E-state index contributed by atoms with van der Waals surface area (Å²) in [5.74, 6) is 0.824. The molecule has 1 fully saturated rings. The third kappa shape index (κ3) is 1.76. The maximum Gasteiger partial charge on any atom is 0.168 e. The molecule has 1 N–H and O–H groups in total. The van der Waals surface area contributed by atoms with Crippen molar-refractivity contribution >= 4 is 16.7 Å². The van der Waals surface area contributed by atoms with E-state index in [1.54, 1.807) is 0 Å². The van der Waals surface area contributed by atoms with Gasteiger partial charge in [-0.05, 0) is 24.0 Å². The van der Waals surface area contributed by atoms with Crippen molar-refractivity contribution in [3.63, 3.8) is 0 Å². The van der Waals surface area contributed by atoms with Crippen LogP contribution >= 0.6 is 0 Å². The lowest BCUT2D eigenvalue weighted by Gasteiger charge is -2.00. The molecule has 1 aromatic heterocycles. The number of H-pyrrole nitrogens is 1. The summed E-state index contributed by atoms with van der Waals surface area (Å²) in [7, 11) is 0. The Morgan fingerprint density at radius 2 is 1.75 bits per heavy atom. The van der Waals surface area contributed by atoms with E-state index in [-0.39, 0.29) is 11.7 Å². The second-order valence-electron chi connectivity index (χ2n) is 5.47. The zero-order valence-corrected chi connectivity index (χ0v) is 11.0. The summed E-state index contributed by atoms with van der Waals surface area (Å²) in [6.07, 6.45) is 2.83. The molecule has 2 aromatic carbocycles. The highest BCUT2D eigenvalue weighted by Crippen LogP contribution is 2.49. The van der Waals surface area contributed by atoms with Gasteiger partial charge in [0.2, 0.25) is 0 Å². The molecule has 1 heterocycles. The van der Waals surface area contributed by atoms with E-state index in [0.29, 0.717) is 5.92 Å². The molecule has 3 aromatic rings. The topological polar surface area (TPSA) is 32.9 Å². The highest BCUT2D eigenvalue weighted by Gasteiger charge is 2.44. The molecular weight excluding hydrogens is 246 g/mol. The Bertz CT molecular complexity index is 772. The minimum atomic E-state index is 0.150. The van der Waals surface area contributed by atoms with Crippen LogP contribution in [0.25, 0.3) is 10.9 Å². The molecule has 0 unspecified atom stereocenters. The number of para-hydroxylation sites is 1. The predicted octanol–water partition coefficient (Wildman–Crippen LogP) is 4.15. The van der Waals surface area contributed by atoms with E-state index in [1.807, 2.05) is 48.7 Å². The lowest BCUT2D eigenvalue weighted by molar-refractivity contribution is 0.0967. The van der Waals surface area contributed by atoms with Crippen LogP contribution in [0, 0.1) is 5.92 Å². The summed E-state index contributed by atoms with van der Waals surface area (Å²) >= 11 is 0. The van der Waals surface area contributed by atoms with Crippen molar-refractivity contribution in [3.05, 3.63) is 71.9 Å². The van der Waals surface area contributed by atoms with Crippen LogP contribution in [0.5, 0.6) is 0 Å². The highest BCUT2D eigenvalue weighted by atomic mass is 16.1. The average molecular weight is 261 g/mol. The molecule has 2 heteroatoms. The molecule has 0 saturated heterocycles. The van der Waals surface area contributed by atoms with Gasteiger partial charge in [-0.1, -0.05) is 48.5 Å². The van der Waals surface area contributed by atoms with Gasteiger partial charge in [-0.3, -0.25) is 4.79 Å². The van der Waals surface area contributed by atoms with Gasteiger partial charge < -0.3 is 4.98 Å². The second-order valence-corrected chi connectivity index (χ2v) is 5.47. The summed E-state index contributed by atoms with van der Waals surface area (Å²) in [5, 5.41) is 1.04. The van der Waals surface area contributed by atoms with Crippen molar-refractivity contribution in [2.24, 2.45) is 5.92 Å². The van der Waals surface area contributed by atoms with Crippen LogP contribution in [0.3, 0.4) is 0 Å². The zero-order valence-electron chi connectivity index (χ0n) is 11.0. The lowest BCUT2D eigenvalue weighted by atomic mass is 10.0. The summed E-state index contributed by atoms with van der Waals surface area (Å²) < 4.78 is 0. The number of nitrogens with one attached hydrogen (secondary N) is 1. The van der Waals surface area contributed by atoms with Gasteiger partial charge in [0.05, 0.1) is 0 Å². The van der Waals surface area contributed by atoms with Gasteiger partial charge in [0.1, 0.15) is 0 Å². The van der Waals surface area contributed by atoms with Gasteiger partial charge in [0.15, 0.2) is 5.78 Å². The summed E-state index contributed by atoms with van der Waals surface area (Å²) in [6.45, 7) is 0. The zero-order chi connectivity index (χ0) is 13.5. The number of aromatic nitrogens is 1. The Labute approximate surface area is 117 Å². The Morgan fingerprint density at radius 3 is 2.60 bits per heavy atom. The molecule has 0 aliphatic heterocycles. The normalized spacial score (nSPS) is 21.0. The van der Waals surface area contributed by atoms with Crippen LogP contribution in [0.2, 0.25) is 0 Å². The molecular formula is C18H15NO. The minimum Gasteiger partial charge on any atom is -0.360 e. The van der Waals surface area contributed by atoms with Crippen LogP contribution in [-0.2, 0) is 0 Å². The molecule has 0 bridgehead atoms. The van der Waals surface area contributed by atoms with Crippen molar-refractivity contribution < 1.29 is 4.79 Å². The number of ketones is 1. The summed E-state index contributed by atoms with van der Waals surface area (Å²) in [6, 6.07) is 18.3. The SMILES string of the molecule is O=C(c1c[nH]c2ccccc12)[C@@H]1C[C@H]1c1ccccc1. The number of rotatable bonds is 3. The van der Waals surface area contributed by atoms with Crippen LogP contribution in [0.1, 0.15) is 28.3 Å². The van der Waals surface area contributed by atoms with E-state index < -0.39 is 0 Å². The quantitative estimate of drug-likeness (QED) is 0.706. The van der Waals surface area contributed by atoms with E-state index in [4.69, 9.17) is 0 Å². The molecule has 0 spiro atoms. The molecule has 1 saturated carbocycles. The Hall–Kier alpha value is -2.35. The van der Waals surface area contributed by atoms with Crippen molar-refractivity contribution in [3.8, 4) is 0 Å². The van der Waals surface area contributed by atoms with E-state index in [1.165, 1.54) is 5.56 Å². The van der Waals surface area contributed by atoms with Crippen LogP contribution in [0.4, 0.5) is 0 Å². The highest BCUT2D eigenvalue weighted by molar-refractivity contribution is 6.10. The predicted molar refractivity (Wildman–Crippen MR) is 79.9 cm³/mol. The molecule has 0 radical (unpaired) electrons. The number of hydrogen-bond donors (Lipinski definition) is 1. The second kappa shape index (κ2) is 4.34. The van der Waals surface area contributed by atoms with Crippen LogP contribution in [0.15, 0.2) is 60.8 Å². The van der Waals surface area contributed by atoms with Gasteiger partial charge in [0.25, 0.3) is 0 Å². The van der Waals surface area contributed by atoms with Crippen molar-refractivity contribution in [1.82, 2.24) is 4.98 Å². The third-order valence-corrected chi connectivity index (χ3v) is 4.21. The van der Waals surface area contributed by atoms with Crippen LogP contribution < -0.4 is 0 Å². The summed E-state index contributed by atoms with van der Waals surface area (Å²) in [5.41, 5.74) is 3.16. The van der Waals surface area contributed by atoms with Gasteiger partial charge in [-0.15, -0.1) is 0 Å². The standard InChI is InChI=1S/C18H15NO/c20-18(15-10-14(15)12-6-2-1-3-7-12)16-11-19-17-9-5-4-8-13(16)17/h1-9,11,14-15,19H,10H2/t14-,15+/m0/s1. The molecule has 2 nitrogen and oxygen atoms in total. The molecule has 4 rings (SSSR count). The van der Waals surface area contributed by atoms with Gasteiger partial charge in [0, 0.05) is 28.6 Å². The maximum absolute atomic E-state index is 12.6. The Balaban J connectivity index is 1.63. The van der Waals surface area contributed by atoms with E-state index in [2.05, 4.69) is 17.1 Å². The first kappa shape index (κ1) is 11.5. The molecule has 1 aliphatic carbocycles. The molecule has 1 aliphatic rings. The number of carbonyl (C=O) groups excluding carboxylic acids is 1. The Morgan fingerprint density at radius 1 is 1.00 bits per heavy atom. The van der Waals surface area contributed by atoms with Crippen molar-refractivity contribution in [2.45, 2.75) is 12.3 Å². The largest absolute Gasteiger partial charge is 0.360 e. The molecule has 98 valence electrons. The fraction of sp³-hybridized carbons (Fsp3) is 0.167. The summed E-state index contributed by atoms with van der Waals surface area (Å²) in [4.78, 5) is 15.8. The fourth-order valence-electron chi connectivity index (χ4n) is 3.03. The average Bonchev–Trinajstić information content (AvgIpc) is 3.20. The monoisotopic (exact) mass is 261 g/mol. The van der Waals surface area contributed by atoms with Gasteiger partial charge in [-0.2, -0.15) is 0 Å². The van der Waals surface area contributed by atoms with Gasteiger partial charge in [-0.25, -0.2) is 0 Å². The van der Waals surface area contributed by atoms with E-state index >= 15 is 0 Å². The van der Waals surface area contributed by atoms with Crippen LogP contribution in [-0.4, -0.2) is 10.8 Å². The van der Waals surface area contributed by atoms with Gasteiger partial charge >= 0.3 is 0 Å². The van der Waals surface area contributed by atoms with Crippen molar-refractivity contribution in [1.29, 1.82) is 0 Å². The van der Waals surface area contributed by atoms with E-state index in [9.17, 15) is 4.79 Å². The molecule has 20 heavy (non-hydrogen) atoms. The number of benzene rings is 2. The lowest BCUT2D eigenvalue weighted by Crippen LogP contribution is -2.02. The molecule has 0 amide bonds. The first-order valence-corrected chi connectivity index (χ1v) is 7.00. The number of aromatic amines is 1. The van der Waals surface area contributed by atoms with Crippen molar-refractivity contribution in [2.75, 3.05) is 0 Å². The number of carbonyl (C=O) groups is 1. The number of hydrogen-bond acceptors (Lipinski definition) is 1. The smallest absolute Gasteiger partial charge is 0.168 e.